The molecule has 1 atom stereocenters. The van der Waals surface area contributed by atoms with Crippen LogP contribution in [-0.4, -0.2) is 30.1 Å². The maximum absolute atomic E-state index is 12.6. The number of aromatic nitrogens is 1. The summed E-state index contributed by atoms with van der Waals surface area (Å²) in [6.45, 7) is 1.63. The maximum Gasteiger partial charge on any atom is 0.375 e. The highest BCUT2D eigenvalue weighted by atomic mass is 35.5. The van der Waals surface area contributed by atoms with E-state index in [0.29, 0.717) is 16.8 Å². The van der Waals surface area contributed by atoms with Gasteiger partial charge in [0, 0.05) is 24.3 Å². The number of fused-ring (bicyclic) bond motifs is 1. The first-order valence-electron chi connectivity index (χ1n) is 8.13. The molecule has 0 unspecified atom stereocenters. The van der Waals surface area contributed by atoms with Crippen LogP contribution in [-0.2, 0) is 20.9 Å². The number of rotatable bonds is 6. The second kappa shape index (κ2) is 8.20. The Bertz CT molecular complexity index is 985. The van der Waals surface area contributed by atoms with E-state index in [1.807, 2.05) is 12.1 Å². The number of nitrogens with one attached hydrogen (secondary N) is 1. The Hall–Kier alpha value is -2.90. The number of carbonyl (C=O) groups excluding carboxylic acids is 2. The molecule has 0 saturated heterocycles. The van der Waals surface area contributed by atoms with Crippen molar-refractivity contribution in [2.75, 3.05) is 12.4 Å². The van der Waals surface area contributed by atoms with Crippen molar-refractivity contribution >= 4 is 40.1 Å². The van der Waals surface area contributed by atoms with E-state index < -0.39 is 18.0 Å². The third kappa shape index (κ3) is 4.10. The number of esters is 1. The van der Waals surface area contributed by atoms with Gasteiger partial charge in [0.2, 0.25) is 5.76 Å². The molecule has 0 aliphatic rings. The van der Waals surface area contributed by atoms with Crippen LogP contribution in [0.25, 0.3) is 11.0 Å². The van der Waals surface area contributed by atoms with Gasteiger partial charge in [0.15, 0.2) is 11.3 Å². The average molecular weight is 389 g/mol. The van der Waals surface area contributed by atoms with Crippen LogP contribution in [0.4, 0.5) is 5.69 Å². The third-order valence-electron chi connectivity index (χ3n) is 3.84. The van der Waals surface area contributed by atoms with Crippen molar-refractivity contribution in [1.82, 2.24) is 4.98 Å². The van der Waals surface area contributed by atoms with E-state index in [2.05, 4.69) is 10.3 Å². The van der Waals surface area contributed by atoms with E-state index in [1.54, 1.807) is 24.3 Å². The second-order valence-electron chi connectivity index (χ2n) is 5.72. The number of furan rings is 1. The molecule has 140 valence electrons. The summed E-state index contributed by atoms with van der Waals surface area (Å²) in [6.07, 6.45) is 0.428. The Labute approximate surface area is 160 Å². The van der Waals surface area contributed by atoms with Crippen molar-refractivity contribution in [3.8, 4) is 0 Å². The van der Waals surface area contributed by atoms with E-state index in [9.17, 15) is 9.59 Å². The molecule has 27 heavy (non-hydrogen) atoms. The van der Waals surface area contributed by atoms with Crippen LogP contribution in [0.15, 0.2) is 47.0 Å². The highest BCUT2D eigenvalue weighted by Crippen LogP contribution is 2.27. The van der Waals surface area contributed by atoms with E-state index in [4.69, 9.17) is 25.5 Å². The van der Waals surface area contributed by atoms with Gasteiger partial charge in [-0.2, -0.15) is 0 Å². The van der Waals surface area contributed by atoms with Crippen molar-refractivity contribution in [2.24, 2.45) is 0 Å². The van der Waals surface area contributed by atoms with Crippen molar-refractivity contribution in [3.05, 3.63) is 59.1 Å². The quantitative estimate of drug-likeness (QED) is 0.510. The fraction of sp³-hybridized carbons (Fsp3) is 0.211. The minimum Gasteiger partial charge on any atom is -0.449 e. The molecule has 3 rings (SSSR count). The second-order valence-corrected chi connectivity index (χ2v) is 6.08. The van der Waals surface area contributed by atoms with Gasteiger partial charge in [0.05, 0.1) is 12.3 Å². The Balaban J connectivity index is 1.76. The fourth-order valence-electron chi connectivity index (χ4n) is 2.53. The van der Waals surface area contributed by atoms with Crippen molar-refractivity contribution in [1.29, 1.82) is 0 Å². The zero-order valence-electron chi connectivity index (χ0n) is 14.7. The fourth-order valence-corrected chi connectivity index (χ4v) is 2.70. The summed E-state index contributed by atoms with van der Waals surface area (Å²) in [7, 11) is 1.52. The molecule has 1 amide bonds. The molecule has 0 radical (unpaired) electrons. The standard InChI is InChI=1S/C19H17ClN2O5/c1-11(18(23)22-14-7-5-9-21-17(14)20)26-19(24)16-13(10-25-2)12-6-3-4-8-15(12)27-16/h3-9,11H,10H2,1-2H3,(H,22,23)/t11-/m1/s1. The number of hydrogen-bond donors (Lipinski definition) is 1. The van der Waals surface area contributed by atoms with Crippen LogP contribution >= 0.6 is 11.6 Å². The van der Waals surface area contributed by atoms with Gasteiger partial charge >= 0.3 is 5.97 Å². The molecule has 2 aromatic heterocycles. The highest BCUT2D eigenvalue weighted by Gasteiger charge is 2.26. The van der Waals surface area contributed by atoms with Gasteiger partial charge in [-0.05, 0) is 25.1 Å². The number of benzene rings is 1. The Morgan fingerprint density at radius 2 is 2.04 bits per heavy atom. The summed E-state index contributed by atoms with van der Waals surface area (Å²) in [5, 5.41) is 3.47. The van der Waals surface area contributed by atoms with E-state index in [1.165, 1.54) is 20.2 Å². The van der Waals surface area contributed by atoms with Gasteiger partial charge in [-0.15, -0.1) is 0 Å². The summed E-state index contributed by atoms with van der Waals surface area (Å²) in [5.41, 5.74) is 1.44. The lowest BCUT2D eigenvalue weighted by atomic mass is 10.1. The van der Waals surface area contributed by atoms with E-state index in [0.717, 1.165) is 5.39 Å². The Morgan fingerprint density at radius 3 is 2.78 bits per heavy atom. The maximum atomic E-state index is 12.6. The summed E-state index contributed by atoms with van der Waals surface area (Å²) >= 11 is 5.91. The summed E-state index contributed by atoms with van der Waals surface area (Å²) in [5.74, 6) is -1.28. The molecule has 0 bridgehead atoms. The number of pyridine rings is 1. The largest absolute Gasteiger partial charge is 0.449 e. The summed E-state index contributed by atoms with van der Waals surface area (Å²) in [6, 6.07) is 10.4. The highest BCUT2D eigenvalue weighted by molar-refractivity contribution is 6.32. The average Bonchev–Trinajstić information content (AvgIpc) is 3.03. The number of methoxy groups -OCH3 is 1. The molecule has 8 heteroatoms. The van der Waals surface area contributed by atoms with E-state index in [-0.39, 0.29) is 17.5 Å². The SMILES string of the molecule is COCc1c(C(=O)O[C@H](C)C(=O)Nc2cccnc2Cl)oc2ccccc12. The lowest BCUT2D eigenvalue weighted by Gasteiger charge is -2.13. The summed E-state index contributed by atoms with van der Waals surface area (Å²) < 4.78 is 16.0. The van der Waals surface area contributed by atoms with Crippen LogP contribution in [0, 0.1) is 0 Å². The van der Waals surface area contributed by atoms with Crippen molar-refractivity contribution in [3.63, 3.8) is 0 Å². The number of para-hydroxylation sites is 1. The van der Waals surface area contributed by atoms with Gasteiger partial charge in [0.1, 0.15) is 5.58 Å². The van der Waals surface area contributed by atoms with Gasteiger partial charge < -0.3 is 19.2 Å². The molecule has 0 aliphatic carbocycles. The van der Waals surface area contributed by atoms with Gasteiger partial charge in [-0.1, -0.05) is 29.8 Å². The first kappa shape index (κ1) is 18.9. The molecular weight excluding hydrogens is 372 g/mol. The van der Waals surface area contributed by atoms with Crippen molar-refractivity contribution < 1.29 is 23.5 Å². The molecule has 0 saturated carbocycles. The number of carbonyl (C=O) groups is 2. The molecule has 3 aromatic rings. The zero-order chi connectivity index (χ0) is 19.4. The topological polar surface area (TPSA) is 90.7 Å². The molecule has 0 aliphatic heterocycles. The minimum absolute atomic E-state index is 0.0112. The first-order chi connectivity index (χ1) is 13.0. The molecule has 1 N–H and O–H groups in total. The molecular formula is C19H17ClN2O5. The van der Waals surface area contributed by atoms with Crippen molar-refractivity contribution in [2.45, 2.75) is 19.6 Å². The van der Waals surface area contributed by atoms with Gasteiger partial charge in [0.25, 0.3) is 5.91 Å². The van der Waals surface area contributed by atoms with Gasteiger partial charge in [-0.3, -0.25) is 4.79 Å². The minimum atomic E-state index is -1.07. The van der Waals surface area contributed by atoms with Crippen LogP contribution < -0.4 is 5.32 Å². The monoisotopic (exact) mass is 388 g/mol. The van der Waals surface area contributed by atoms with E-state index >= 15 is 0 Å². The Morgan fingerprint density at radius 1 is 1.26 bits per heavy atom. The third-order valence-corrected chi connectivity index (χ3v) is 4.14. The van der Waals surface area contributed by atoms with Crippen LogP contribution in [0.5, 0.6) is 0 Å². The van der Waals surface area contributed by atoms with Gasteiger partial charge in [-0.25, -0.2) is 9.78 Å². The molecule has 1 aromatic carbocycles. The molecule has 0 spiro atoms. The number of anilines is 1. The molecule has 7 nitrogen and oxygen atoms in total. The van der Waals surface area contributed by atoms with Crippen LogP contribution in [0.2, 0.25) is 5.15 Å². The molecule has 2 heterocycles. The lowest BCUT2D eigenvalue weighted by molar-refractivity contribution is -0.123. The normalized spacial score (nSPS) is 12.0. The number of ether oxygens (including phenoxy) is 2. The number of amides is 1. The first-order valence-corrected chi connectivity index (χ1v) is 8.50. The van der Waals surface area contributed by atoms with Crippen LogP contribution in [0.3, 0.4) is 0 Å². The smallest absolute Gasteiger partial charge is 0.375 e. The predicted octanol–water partition coefficient (Wildman–Crippen LogP) is 3.81. The number of halogens is 1. The molecule has 0 fully saturated rings. The predicted molar refractivity (Wildman–Crippen MR) is 99.7 cm³/mol. The number of nitrogens with zero attached hydrogens (tertiary/aromatic N) is 1. The Kier molecular flexibility index (Phi) is 5.73. The lowest BCUT2D eigenvalue weighted by Crippen LogP contribution is -2.30. The number of hydrogen-bond acceptors (Lipinski definition) is 6. The zero-order valence-corrected chi connectivity index (χ0v) is 15.4. The summed E-state index contributed by atoms with van der Waals surface area (Å²) in [4.78, 5) is 28.7. The van der Waals surface area contributed by atoms with Crippen LogP contribution in [0.1, 0.15) is 23.0 Å².